The van der Waals surface area contributed by atoms with Gasteiger partial charge < -0.3 is 9.67 Å². The molecule has 0 aromatic carbocycles. The maximum absolute atomic E-state index is 12.7. The van der Waals surface area contributed by atoms with Gasteiger partial charge in [0.1, 0.15) is 0 Å². The molecule has 1 aliphatic heterocycles. The van der Waals surface area contributed by atoms with E-state index >= 15 is 0 Å². The molecule has 2 heterocycles. The van der Waals surface area contributed by atoms with E-state index in [9.17, 15) is 13.2 Å². The monoisotopic (exact) mass is 301 g/mol. The summed E-state index contributed by atoms with van der Waals surface area (Å²) in [5, 5.41) is 9.22. The van der Waals surface area contributed by atoms with Gasteiger partial charge in [-0.15, -0.1) is 0 Å². The smallest absolute Gasteiger partial charge is 0.307 e. The first-order valence-electron chi connectivity index (χ1n) is 6.62. The molecule has 0 radical (unpaired) electrons. The van der Waals surface area contributed by atoms with Crippen LogP contribution in [0.1, 0.15) is 26.7 Å². The van der Waals surface area contributed by atoms with Gasteiger partial charge in [0.25, 0.3) is 10.0 Å². The molecule has 2 unspecified atom stereocenters. The Labute approximate surface area is 118 Å². The summed E-state index contributed by atoms with van der Waals surface area (Å²) in [5.74, 6) is -1.58. The number of carboxylic acids is 1. The Bertz CT molecular complexity index is 596. The number of sulfonamides is 1. The number of aliphatic carboxylic acids is 1. The maximum atomic E-state index is 12.7. The molecule has 112 valence electrons. The number of hydrogen-bond donors (Lipinski definition) is 1. The van der Waals surface area contributed by atoms with Crippen LogP contribution in [0.3, 0.4) is 0 Å². The van der Waals surface area contributed by atoms with Gasteiger partial charge in [-0.25, -0.2) is 13.4 Å². The third-order valence-corrected chi connectivity index (χ3v) is 5.76. The fourth-order valence-electron chi connectivity index (χ4n) is 2.49. The first kappa shape index (κ1) is 15.0. The van der Waals surface area contributed by atoms with Crippen molar-refractivity contribution >= 4 is 16.0 Å². The zero-order valence-electron chi connectivity index (χ0n) is 11.6. The molecule has 8 heteroatoms. The fraction of sp³-hybridized carbons (Fsp3) is 0.667. The normalized spacial score (nSPS) is 24.7. The van der Waals surface area contributed by atoms with Gasteiger partial charge >= 0.3 is 5.97 Å². The standard InChI is InChI=1S/C12H19N3O4S/c1-3-14-8-13-6-11(14)20(18,19)15-7-10(12(16)17)5-4-9(15)2/h6,8-10H,3-5,7H2,1-2H3,(H,16,17). The van der Waals surface area contributed by atoms with Crippen LogP contribution >= 0.6 is 0 Å². The highest BCUT2D eigenvalue weighted by molar-refractivity contribution is 7.89. The van der Waals surface area contributed by atoms with Crippen molar-refractivity contribution in [2.75, 3.05) is 6.54 Å². The second-order valence-corrected chi connectivity index (χ2v) is 6.89. The molecule has 1 saturated heterocycles. The van der Waals surface area contributed by atoms with Crippen LogP contribution in [0.5, 0.6) is 0 Å². The second-order valence-electron chi connectivity index (χ2n) is 5.05. The van der Waals surface area contributed by atoms with Gasteiger partial charge in [-0.3, -0.25) is 4.79 Å². The number of imidazole rings is 1. The van der Waals surface area contributed by atoms with Crippen molar-refractivity contribution in [2.24, 2.45) is 5.92 Å². The molecular weight excluding hydrogens is 282 g/mol. The Morgan fingerprint density at radius 3 is 2.80 bits per heavy atom. The second kappa shape index (κ2) is 5.53. The SMILES string of the molecule is CCn1cncc1S(=O)(=O)N1CC(C(=O)O)CCC1C. The van der Waals surface area contributed by atoms with E-state index in [1.54, 1.807) is 4.57 Å². The van der Waals surface area contributed by atoms with Crippen molar-refractivity contribution in [1.82, 2.24) is 13.9 Å². The first-order valence-corrected chi connectivity index (χ1v) is 8.06. The van der Waals surface area contributed by atoms with Crippen molar-refractivity contribution in [3.63, 3.8) is 0 Å². The van der Waals surface area contributed by atoms with E-state index in [0.717, 1.165) is 0 Å². The molecular formula is C12H19N3O4S. The first-order chi connectivity index (χ1) is 9.37. The number of aromatic nitrogens is 2. The summed E-state index contributed by atoms with van der Waals surface area (Å²) in [6, 6.07) is -0.198. The van der Waals surface area contributed by atoms with Crippen molar-refractivity contribution in [3.05, 3.63) is 12.5 Å². The van der Waals surface area contributed by atoms with Crippen molar-refractivity contribution < 1.29 is 18.3 Å². The lowest BCUT2D eigenvalue weighted by Gasteiger charge is -2.35. The highest BCUT2D eigenvalue weighted by Crippen LogP contribution is 2.28. The molecule has 2 rings (SSSR count). The van der Waals surface area contributed by atoms with Gasteiger partial charge in [0, 0.05) is 19.1 Å². The molecule has 1 aliphatic rings. The molecule has 1 N–H and O–H groups in total. The van der Waals surface area contributed by atoms with Crippen LogP contribution in [-0.2, 0) is 21.4 Å². The topological polar surface area (TPSA) is 92.5 Å². The van der Waals surface area contributed by atoms with Crippen LogP contribution in [0, 0.1) is 5.92 Å². The highest BCUT2D eigenvalue weighted by Gasteiger charge is 2.38. The Hall–Kier alpha value is -1.41. The molecule has 1 aromatic heterocycles. The van der Waals surface area contributed by atoms with Crippen LogP contribution in [-0.4, -0.2) is 45.9 Å². The van der Waals surface area contributed by atoms with Crippen LogP contribution in [0.2, 0.25) is 0 Å². The Morgan fingerprint density at radius 2 is 2.20 bits per heavy atom. The molecule has 0 saturated carbocycles. The van der Waals surface area contributed by atoms with Crippen molar-refractivity contribution in [2.45, 2.75) is 44.3 Å². The molecule has 2 atom stereocenters. The lowest BCUT2D eigenvalue weighted by atomic mass is 9.96. The summed E-state index contributed by atoms with van der Waals surface area (Å²) in [7, 11) is -3.71. The lowest BCUT2D eigenvalue weighted by molar-refractivity contribution is -0.143. The van der Waals surface area contributed by atoms with E-state index in [1.807, 2.05) is 13.8 Å². The van der Waals surface area contributed by atoms with E-state index in [0.29, 0.717) is 19.4 Å². The molecule has 0 amide bonds. The number of carboxylic acid groups (broad SMARTS) is 1. The lowest BCUT2D eigenvalue weighted by Crippen LogP contribution is -2.47. The zero-order chi connectivity index (χ0) is 14.9. The molecule has 7 nitrogen and oxygen atoms in total. The summed E-state index contributed by atoms with van der Waals surface area (Å²) in [6.07, 6.45) is 3.85. The predicted molar refractivity (Wildman–Crippen MR) is 71.6 cm³/mol. The van der Waals surface area contributed by atoms with Gasteiger partial charge in [0.2, 0.25) is 0 Å². The van der Waals surface area contributed by atoms with E-state index < -0.39 is 21.9 Å². The number of carbonyl (C=O) groups is 1. The number of hydrogen-bond acceptors (Lipinski definition) is 4. The van der Waals surface area contributed by atoms with Crippen LogP contribution in [0.4, 0.5) is 0 Å². The number of aryl methyl sites for hydroxylation is 1. The summed E-state index contributed by atoms with van der Waals surface area (Å²) < 4.78 is 28.2. The third-order valence-electron chi connectivity index (χ3n) is 3.76. The number of nitrogens with zero attached hydrogens (tertiary/aromatic N) is 3. The van der Waals surface area contributed by atoms with Crippen LogP contribution in [0.25, 0.3) is 0 Å². The molecule has 1 aromatic rings. The van der Waals surface area contributed by atoms with Gasteiger partial charge in [-0.05, 0) is 26.7 Å². The molecule has 0 aliphatic carbocycles. The van der Waals surface area contributed by atoms with Gasteiger partial charge in [0.15, 0.2) is 5.03 Å². The third kappa shape index (κ3) is 2.57. The van der Waals surface area contributed by atoms with Crippen LogP contribution in [0.15, 0.2) is 17.6 Å². The minimum Gasteiger partial charge on any atom is -0.481 e. The summed E-state index contributed by atoms with van der Waals surface area (Å²) in [4.78, 5) is 15.0. The summed E-state index contributed by atoms with van der Waals surface area (Å²) in [5.41, 5.74) is 0. The molecule has 0 spiro atoms. The average molecular weight is 301 g/mol. The molecule has 1 fully saturated rings. The number of piperidine rings is 1. The van der Waals surface area contributed by atoms with Crippen molar-refractivity contribution in [1.29, 1.82) is 0 Å². The predicted octanol–water partition coefficient (Wildman–Crippen LogP) is 0.777. The van der Waals surface area contributed by atoms with Crippen LogP contribution < -0.4 is 0 Å². The largest absolute Gasteiger partial charge is 0.481 e. The minimum atomic E-state index is -3.71. The Kier molecular flexibility index (Phi) is 4.14. The molecule has 20 heavy (non-hydrogen) atoms. The molecule has 0 bridgehead atoms. The highest BCUT2D eigenvalue weighted by atomic mass is 32.2. The van der Waals surface area contributed by atoms with E-state index in [1.165, 1.54) is 16.8 Å². The van der Waals surface area contributed by atoms with E-state index in [-0.39, 0.29) is 17.6 Å². The van der Waals surface area contributed by atoms with E-state index in [4.69, 9.17) is 5.11 Å². The quantitative estimate of drug-likeness (QED) is 0.887. The number of rotatable bonds is 4. The maximum Gasteiger partial charge on any atom is 0.307 e. The van der Waals surface area contributed by atoms with E-state index in [2.05, 4.69) is 4.98 Å². The Morgan fingerprint density at radius 1 is 1.50 bits per heavy atom. The Balaban J connectivity index is 2.34. The summed E-state index contributed by atoms with van der Waals surface area (Å²) >= 11 is 0. The fourth-order valence-corrected chi connectivity index (χ4v) is 4.35. The average Bonchev–Trinajstić information content (AvgIpc) is 2.87. The summed E-state index contributed by atoms with van der Waals surface area (Å²) in [6.45, 7) is 4.16. The van der Waals surface area contributed by atoms with Gasteiger partial charge in [-0.2, -0.15) is 4.31 Å². The van der Waals surface area contributed by atoms with Gasteiger partial charge in [0.05, 0.1) is 18.4 Å². The minimum absolute atomic E-state index is 0.0216. The van der Waals surface area contributed by atoms with Crippen molar-refractivity contribution in [3.8, 4) is 0 Å². The van der Waals surface area contributed by atoms with Gasteiger partial charge in [-0.1, -0.05) is 0 Å². The zero-order valence-corrected chi connectivity index (χ0v) is 12.4.